The third-order valence-electron chi connectivity index (χ3n) is 4.46. The van der Waals surface area contributed by atoms with Gasteiger partial charge >= 0.3 is 5.97 Å². The number of rotatable bonds is 8. The monoisotopic (exact) mass is 384 g/mol. The zero-order valence-electron chi connectivity index (χ0n) is 16.2. The highest BCUT2D eigenvalue weighted by Gasteiger charge is 2.16. The average Bonchev–Trinajstić information content (AvgIpc) is 3.09. The molecule has 0 aliphatic carbocycles. The van der Waals surface area contributed by atoms with Crippen molar-refractivity contribution in [2.45, 2.75) is 12.8 Å². The van der Waals surface area contributed by atoms with Gasteiger partial charge in [0.05, 0.1) is 27.8 Å². The van der Waals surface area contributed by atoms with E-state index < -0.39 is 0 Å². The number of fused-ring (bicyclic) bond motifs is 1. The van der Waals surface area contributed by atoms with E-state index in [1.807, 2.05) is 18.3 Å². The van der Waals surface area contributed by atoms with Gasteiger partial charge in [-0.1, -0.05) is 0 Å². The van der Waals surface area contributed by atoms with Crippen LogP contribution in [-0.4, -0.2) is 38.8 Å². The van der Waals surface area contributed by atoms with Crippen molar-refractivity contribution in [1.82, 2.24) is 4.98 Å². The maximum atomic E-state index is 12.5. The molecule has 7 heteroatoms. The number of carbonyl (C=O) groups excluding carboxylic acids is 1. The van der Waals surface area contributed by atoms with Crippen LogP contribution in [0.5, 0.6) is 23.0 Å². The first kappa shape index (κ1) is 19.6. The second-order valence-electron chi connectivity index (χ2n) is 6.24. The molecule has 0 amide bonds. The lowest BCUT2D eigenvalue weighted by atomic mass is 10.1. The fourth-order valence-corrected chi connectivity index (χ4v) is 3.15. The number of nitrogens with two attached hydrogens (primary N) is 1. The van der Waals surface area contributed by atoms with Crippen molar-refractivity contribution in [3.05, 3.63) is 47.7 Å². The second kappa shape index (κ2) is 8.67. The highest BCUT2D eigenvalue weighted by atomic mass is 16.5. The summed E-state index contributed by atoms with van der Waals surface area (Å²) >= 11 is 0. The Morgan fingerprint density at radius 1 is 1.04 bits per heavy atom. The van der Waals surface area contributed by atoms with Gasteiger partial charge in [-0.25, -0.2) is 0 Å². The molecule has 7 nitrogen and oxygen atoms in total. The van der Waals surface area contributed by atoms with E-state index in [2.05, 4.69) is 4.98 Å². The Bertz CT molecular complexity index is 955. The molecule has 0 saturated carbocycles. The van der Waals surface area contributed by atoms with Crippen molar-refractivity contribution in [3.8, 4) is 23.0 Å². The predicted molar refractivity (Wildman–Crippen MR) is 106 cm³/mol. The number of hydrogen-bond acceptors (Lipinski definition) is 6. The van der Waals surface area contributed by atoms with Gasteiger partial charge in [-0.05, 0) is 54.4 Å². The summed E-state index contributed by atoms with van der Waals surface area (Å²) in [7, 11) is 4.60. The Morgan fingerprint density at radius 3 is 2.36 bits per heavy atom. The van der Waals surface area contributed by atoms with Gasteiger partial charge in [-0.2, -0.15) is 0 Å². The van der Waals surface area contributed by atoms with Crippen LogP contribution in [0.15, 0.2) is 36.5 Å². The van der Waals surface area contributed by atoms with E-state index in [1.54, 1.807) is 18.2 Å². The molecule has 1 heterocycles. The average molecular weight is 384 g/mol. The lowest BCUT2D eigenvalue weighted by Gasteiger charge is -2.14. The number of esters is 1. The summed E-state index contributed by atoms with van der Waals surface area (Å²) in [6.45, 7) is 0.554. The first-order valence-corrected chi connectivity index (χ1v) is 8.89. The van der Waals surface area contributed by atoms with E-state index in [1.165, 1.54) is 21.3 Å². The lowest BCUT2D eigenvalue weighted by Crippen LogP contribution is -2.11. The fourth-order valence-electron chi connectivity index (χ4n) is 3.15. The van der Waals surface area contributed by atoms with Crippen LogP contribution in [-0.2, 0) is 17.6 Å². The standard InChI is InChI=1S/C21H24N2O5/c1-25-18-8-13(9-19(26-2)21(18)27-3)10-20(24)28-15-4-5-17-16(11-15)14(6-7-22)12-23-17/h4-5,8-9,11-12,23H,6-7,10,22H2,1-3H3. The van der Waals surface area contributed by atoms with Crippen molar-refractivity contribution < 1.29 is 23.7 Å². The summed E-state index contributed by atoms with van der Waals surface area (Å²) in [5.41, 5.74) is 8.43. The SMILES string of the molecule is COc1cc(CC(=O)Oc2ccc3[nH]cc(CCN)c3c2)cc(OC)c1OC. The molecule has 0 unspecified atom stereocenters. The Balaban J connectivity index is 1.78. The summed E-state index contributed by atoms with van der Waals surface area (Å²) in [5, 5.41) is 1.00. The predicted octanol–water partition coefficient (Wildman–Crippen LogP) is 2.84. The van der Waals surface area contributed by atoms with Crippen LogP contribution in [0.1, 0.15) is 11.1 Å². The number of H-pyrrole nitrogens is 1. The number of carbonyl (C=O) groups is 1. The number of ether oxygens (including phenoxy) is 4. The van der Waals surface area contributed by atoms with Crippen LogP contribution in [0.3, 0.4) is 0 Å². The largest absolute Gasteiger partial charge is 0.493 e. The summed E-state index contributed by atoms with van der Waals surface area (Å²) in [4.78, 5) is 15.7. The molecule has 0 aliphatic rings. The molecule has 0 atom stereocenters. The number of benzene rings is 2. The van der Waals surface area contributed by atoms with Crippen molar-refractivity contribution in [2.24, 2.45) is 5.73 Å². The first-order valence-electron chi connectivity index (χ1n) is 8.89. The van der Waals surface area contributed by atoms with E-state index in [9.17, 15) is 4.79 Å². The summed E-state index contributed by atoms with van der Waals surface area (Å²) < 4.78 is 21.5. The molecular weight excluding hydrogens is 360 g/mol. The molecule has 1 aromatic heterocycles. The Labute approximate surface area is 163 Å². The first-order chi connectivity index (χ1) is 13.6. The quantitative estimate of drug-likeness (QED) is 0.458. The Kier molecular flexibility index (Phi) is 6.06. The number of nitrogens with one attached hydrogen (secondary N) is 1. The van der Waals surface area contributed by atoms with Gasteiger partial charge in [0.25, 0.3) is 0 Å². The van der Waals surface area contributed by atoms with Crippen LogP contribution < -0.4 is 24.7 Å². The van der Waals surface area contributed by atoms with Gasteiger partial charge in [0, 0.05) is 17.1 Å². The number of hydrogen-bond donors (Lipinski definition) is 2. The number of methoxy groups -OCH3 is 3. The molecule has 0 fully saturated rings. The topological polar surface area (TPSA) is 95.8 Å². The number of aromatic nitrogens is 1. The maximum Gasteiger partial charge on any atom is 0.315 e. The van der Waals surface area contributed by atoms with E-state index in [4.69, 9.17) is 24.7 Å². The van der Waals surface area contributed by atoms with Gasteiger partial charge in [-0.15, -0.1) is 0 Å². The zero-order chi connectivity index (χ0) is 20.1. The number of aromatic amines is 1. The van der Waals surface area contributed by atoms with E-state index >= 15 is 0 Å². The Morgan fingerprint density at radius 2 is 1.75 bits per heavy atom. The van der Waals surface area contributed by atoms with E-state index in [0.29, 0.717) is 35.1 Å². The molecule has 0 aliphatic heterocycles. The van der Waals surface area contributed by atoms with E-state index in [0.717, 1.165) is 22.9 Å². The molecule has 0 bridgehead atoms. The molecular formula is C21H24N2O5. The smallest absolute Gasteiger partial charge is 0.315 e. The maximum absolute atomic E-state index is 12.5. The molecule has 148 valence electrons. The van der Waals surface area contributed by atoms with Crippen LogP contribution in [0.4, 0.5) is 0 Å². The van der Waals surface area contributed by atoms with Gasteiger partial charge in [0.2, 0.25) is 5.75 Å². The van der Waals surface area contributed by atoms with Gasteiger partial charge in [0.15, 0.2) is 11.5 Å². The Hall–Kier alpha value is -3.19. The van der Waals surface area contributed by atoms with Crippen LogP contribution in [0.25, 0.3) is 10.9 Å². The minimum absolute atomic E-state index is 0.0670. The van der Waals surface area contributed by atoms with Crippen molar-refractivity contribution in [3.63, 3.8) is 0 Å². The van der Waals surface area contributed by atoms with E-state index in [-0.39, 0.29) is 12.4 Å². The summed E-state index contributed by atoms with van der Waals surface area (Å²) in [6.07, 6.45) is 2.75. The summed E-state index contributed by atoms with van der Waals surface area (Å²) in [6, 6.07) is 8.97. The zero-order valence-corrected chi connectivity index (χ0v) is 16.2. The lowest BCUT2D eigenvalue weighted by molar-refractivity contribution is -0.133. The van der Waals surface area contributed by atoms with Crippen molar-refractivity contribution in [2.75, 3.05) is 27.9 Å². The normalized spacial score (nSPS) is 10.7. The van der Waals surface area contributed by atoms with Gasteiger partial charge in [0.1, 0.15) is 5.75 Å². The van der Waals surface area contributed by atoms with Gasteiger partial charge in [-0.3, -0.25) is 4.79 Å². The second-order valence-corrected chi connectivity index (χ2v) is 6.24. The highest BCUT2D eigenvalue weighted by molar-refractivity contribution is 5.86. The molecule has 3 rings (SSSR count). The molecule has 3 N–H and O–H groups in total. The molecule has 0 radical (unpaired) electrons. The van der Waals surface area contributed by atoms with Crippen molar-refractivity contribution in [1.29, 1.82) is 0 Å². The third kappa shape index (κ3) is 4.04. The van der Waals surface area contributed by atoms with Crippen LogP contribution in [0.2, 0.25) is 0 Å². The van der Waals surface area contributed by atoms with Crippen LogP contribution in [0, 0.1) is 0 Å². The molecule has 3 aromatic rings. The third-order valence-corrected chi connectivity index (χ3v) is 4.46. The minimum Gasteiger partial charge on any atom is -0.493 e. The molecule has 0 saturated heterocycles. The molecule has 2 aromatic carbocycles. The van der Waals surface area contributed by atoms with Crippen molar-refractivity contribution >= 4 is 16.9 Å². The fraction of sp³-hybridized carbons (Fsp3) is 0.286. The molecule has 28 heavy (non-hydrogen) atoms. The summed E-state index contributed by atoms with van der Waals surface area (Å²) in [5.74, 6) is 1.56. The minimum atomic E-state index is -0.385. The van der Waals surface area contributed by atoms with Crippen LogP contribution >= 0.6 is 0 Å². The molecule has 0 spiro atoms. The highest BCUT2D eigenvalue weighted by Crippen LogP contribution is 2.38. The van der Waals surface area contributed by atoms with Gasteiger partial charge < -0.3 is 29.7 Å².